The fourth-order valence-corrected chi connectivity index (χ4v) is 6.27. The van der Waals surface area contributed by atoms with Gasteiger partial charge in [0.15, 0.2) is 0 Å². The Morgan fingerprint density at radius 2 is 0.647 bits per heavy atom. The van der Waals surface area contributed by atoms with Crippen molar-refractivity contribution in [1.82, 2.24) is 0 Å². The maximum absolute atomic E-state index is 2.29. The first kappa shape index (κ1) is 33.1. The lowest BCUT2D eigenvalue weighted by atomic mass is 10.0. The van der Waals surface area contributed by atoms with Crippen LogP contribution in [0.5, 0.6) is 0 Å². The van der Waals surface area contributed by atoms with Crippen molar-refractivity contribution in [3.8, 4) is 0 Å². The molecule has 51 heavy (non-hydrogen) atoms. The molecule has 0 unspecified atom stereocenters. The molecule has 0 N–H and O–H groups in total. The lowest BCUT2D eigenvalue weighted by Gasteiger charge is -2.25. The number of rotatable bonds is 10. The van der Waals surface area contributed by atoms with E-state index < -0.39 is 0 Å². The first-order valence-electron chi connectivity index (χ1n) is 17.5. The van der Waals surface area contributed by atoms with Crippen LogP contribution in [0.2, 0.25) is 0 Å². The van der Waals surface area contributed by atoms with Crippen molar-refractivity contribution in [2.75, 3.05) is 9.80 Å². The van der Waals surface area contributed by atoms with Gasteiger partial charge >= 0.3 is 0 Å². The molecule has 2 nitrogen and oxygen atoms in total. The SMILES string of the molecule is Cc1ccc(N(c2ccccc2)c2ccc(/C=C/c3ccc(/C=C/c4ccc(N(c5ccccc5)c5ccc(C)cc5)cc4)c(C)c3)cc2)cc1. The van der Waals surface area contributed by atoms with Gasteiger partial charge in [-0.05, 0) is 121 Å². The zero-order valence-corrected chi connectivity index (χ0v) is 29.4. The van der Waals surface area contributed by atoms with Gasteiger partial charge in [-0.1, -0.05) is 139 Å². The van der Waals surface area contributed by atoms with Gasteiger partial charge in [-0.25, -0.2) is 0 Å². The van der Waals surface area contributed by atoms with Crippen molar-refractivity contribution in [2.45, 2.75) is 20.8 Å². The van der Waals surface area contributed by atoms with E-state index in [1.165, 1.54) is 27.8 Å². The van der Waals surface area contributed by atoms with Gasteiger partial charge in [0.2, 0.25) is 0 Å². The molecule has 7 rings (SSSR count). The van der Waals surface area contributed by atoms with Crippen LogP contribution in [0.4, 0.5) is 34.1 Å². The molecular formula is C49H42N2. The summed E-state index contributed by atoms with van der Waals surface area (Å²) in [6, 6.07) is 62.6. The molecule has 0 radical (unpaired) electrons. The summed E-state index contributed by atoms with van der Waals surface area (Å²) in [5.41, 5.74) is 15.3. The highest BCUT2D eigenvalue weighted by molar-refractivity contribution is 5.80. The first-order valence-corrected chi connectivity index (χ1v) is 17.5. The van der Waals surface area contributed by atoms with Gasteiger partial charge in [0, 0.05) is 34.1 Å². The molecular weight excluding hydrogens is 617 g/mol. The average Bonchev–Trinajstić information content (AvgIpc) is 3.17. The quantitative estimate of drug-likeness (QED) is 0.135. The standard InChI is InChI=1S/C49H42N2/c1-37-14-28-46(29-15-37)50(44-10-6-4-7-11-44)48-32-22-40(23-33-48)18-19-42-21-27-43(39(3)36-42)26-20-41-24-34-49(35-25-41)51(45-12-8-5-9-13-45)47-30-16-38(2)17-31-47/h4-36H,1-3H3/b19-18+,26-20+. The van der Waals surface area contributed by atoms with E-state index in [9.17, 15) is 0 Å². The smallest absolute Gasteiger partial charge is 0.0462 e. The molecule has 248 valence electrons. The summed E-state index contributed by atoms with van der Waals surface area (Å²) in [7, 11) is 0. The Balaban J connectivity index is 1.04. The van der Waals surface area contributed by atoms with Gasteiger partial charge in [-0.15, -0.1) is 0 Å². The lowest BCUT2D eigenvalue weighted by Crippen LogP contribution is -2.09. The third-order valence-electron chi connectivity index (χ3n) is 9.13. The highest BCUT2D eigenvalue weighted by atomic mass is 15.1. The van der Waals surface area contributed by atoms with Gasteiger partial charge < -0.3 is 9.80 Å². The molecule has 0 aliphatic heterocycles. The van der Waals surface area contributed by atoms with E-state index in [1.54, 1.807) is 0 Å². The minimum atomic E-state index is 1.13. The third-order valence-corrected chi connectivity index (χ3v) is 9.13. The molecule has 2 heteroatoms. The van der Waals surface area contributed by atoms with E-state index in [2.05, 4.69) is 231 Å². The maximum Gasteiger partial charge on any atom is 0.0462 e. The number of para-hydroxylation sites is 2. The molecule has 0 atom stereocenters. The van der Waals surface area contributed by atoms with Crippen molar-refractivity contribution in [2.24, 2.45) is 0 Å². The predicted octanol–water partition coefficient (Wildman–Crippen LogP) is 13.9. The minimum Gasteiger partial charge on any atom is -0.311 e. The second-order valence-corrected chi connectivity index (χ2v) is 13.0. The summed E-state index contributed by atoms with van der Waals surface area (Å²) in [5.74, 6) is 0. The summed E-state index contributed by atoms with van der Waals surface area (Å²) >= 11 is 0. The van der Waals surface area contributed by atoms with Crippen LogP contribution in [-0.4, -0.2) is 0 Å². The van der Waals surface area contributed by atoms with E-state index in [0.717, 1.165) is 45.3 Å². The minimum absolute atomic E-state index is 1.13. The molecule has 0 amide bonds. The van der Waals surface area contributed by atoms with Gasteiger partial charge in [0.05, 0.1) is 0 Å². The normalized spacial score (nSPS) is 11.3. The van der Waals surface area contributed by atoms with Gasteiger partial charge in [0.25, 0.3) is 0 Å². The summed E-state index contributed by atoms with van der Waals surface area (Å²) in [5, 5.41) is 0. The van der Waals surface area contributed by atoms with Crippen LogP contribution in [0.15, 0.2) is 176 Å². The highest BCUT2D eigenvalue weighted by Gasteiger charge is 2.13. The molecule has 0 saturated carbocycles. The number of nitrogens with zero attached hydrogens (tertiary/aromatic N) is 2. The lowest BCUT2D eigenvalue weighted by molar-refractivity contribution is 1.27. The second-order valence-electron chi connectivity index (χ2n) is 13.0. The van der Waals surface area contributed by atoms with Crippen molar-refractivity contribution in [1.29, 1.82) is 0 Å². The number of benzene rings is 7. The van der Waals surface area contributed by atoms with Crippen molar-refractivity contribution < 1.29 is 0 Å². The molecule has 0 aromatic heterocycles. The van der Waals surface area contributed by atoms with E-state index in [4.69, 9.17) is 0 Å². The molecule has 0 fully saturated rings. The van der Waals surface area contributed by atoms with Crippen molar-refractivity contribution in [3.05, 3.63) is 215 Å². The zero-order chi connectivity index (χ0) is 35.0. The molecule has 0 aliphatic rings. The number of hydrogen-bond donors (Lipinski definition) is 0. The molecule has 0 aliphatic carbocycles. The van der Waals surface area contributed by atoms with Crippen molar-refractivity contribution >= 4 is 58.4 Å². The van der Waals surface area contributed by atoms with E-state index >= 15 is 0 Å². The van der Waals surface area contributed by atoms with Crippen LogP contribution in [0.3, 0.4) is 0 Å². The van der Waals surface area contributed by atoms with Crippen molar-refractivity contribution in [3.63, 3.8) is 0 Å². The molecule has 0 bridgehead atoms. The van der Waals surface area contributed by atoms with Gasteiger partial charge in [-0.3, -0.25) is 0 Å². The Labute approximate surface area is 302 Å². The maximum atomic E-state index is 2.29. The Hall–Kier alpha value is -6.38. The molecule has 7 aromatic carbocycles. The van der Waals surface area contributed by atoms with Crippen LogP contribution >= 0.6 is 0 Å². The number of anilines is 6. The van der Waals surface area contributed by atoms with Gasteiger partial charge in [0.1, 0.15) is 0 Å². The third kappa shape index (κ3) is 8.09. The summed E-state index contributed by atoms with van der Waals surface area (Å²) in [6.45, 7) is 6.42. The predicted molar refractivity (Wildman–Crippen MR) is 221 cm³/mol. The number of hydrogen-bond acceptors (Lipinski definition) is 2. The zero-order valence-electron chi connectivity index (χ0n) is 29.4. The Morgan fingerprint density at radius 1 is 0.314 bits per heavy atom. The average molecular weight is 659 g/mol. The topological polar surface area (TPSA) is 6.48 Å². The van der Waals surface area contributed by atoms with Gasteiger partial charge in [-0.2, -0.15) is 0 Å². The Bertz CT molecular complexity index is 2230. The molecule has 0 heterocycles. The fraction of sp³-hybridized carbons (Fsp3) is 0.0612. The van der Waals surface area contributed by atoms with Crippen LogP contribution in [0.1, 0.15) is 38.9 Å². The summed E-state index contributed by atoms with van der Waals surface area (Å²) in [6.07, 6.45) is 8.77. The van der Waals surface area contributed by atoms with E-state index in [-0.39, 0.29) is 0 Å². The van der Waals surface area contributed by atoms with Crippen LogP contribution in [0.25, 0.3) is 24.3 Å². The molecule has 0 saturated heterocycles. The first-order chi connectivity index (χ1) is 25.0. The van der Waals surface area contributed by atoms with Crippen LogP contribution in [0, 0.1) is 20.8 Å². The molecule has 7 aromatic rings. The van der Waals surface area contributed by atoms with Crippen LogP contribution < -0.4 is 9.80 Å². The van der Waals surface area contributed by atoms with E-state index in [1.807, 2.05) is 0 Å². The second kappa shape index (κ2) is 15.4. The summed E-state index contributed by atoms with van der Waals surface area (Å²) in [4.78, 5) is 4.59. The van der Waals surface area contributed by atoms with Crippen LogP contribution in [-0.2, 0) is 0 Å². The Morgan fingerprint density at radius 3 is 1.06 bits per heavy atom. The highest BCUT2D eigenvalue weighted by Crippen LogP contribution is 2.36. The molecule has 0 spiro atoms. The monoisotopic (exact) mass is 658 g/mol. The summed E-state index contributed by atoms with van der Waals surface area (Å²) < 4.78 is 0. The largest absolute Gasteiger partial charge is 0.311 e. The Kier molecular flexibility index (Phi) is 10.0. The fourth-order valence-electron chi connectivity index (χ4n) is 6.27. The number of aryl methyl sites for hydroxylation is 3. The van der Waals surface area contributed by atoms with E-state index in [0.29, 0.717) is 0 Å².